The van der Waals surface area contributed by atoms with Crippen LogP contribution in [0.3, 0.4) is 0 Å². The Morgan fingerprint density at radius 3 is 2.25 bits per heavy atom. The molecule has 4 aliphatic rings. The van der Waals surface area contributed by atoms with Crippen LogP contribution >= 0.6 is 0 Å². The maximum atomic E-state index is 14.6. The lowest BCUT2D eigenvalue weighted by molar-refractivity contribution is -0.142. The molecule has 55 heavy (non-hydrogen) atoms. The summed E-state index contributed by atoms with van der Waals surface area (Å²) in [6.45, 7) is 8.91. The minimum Gasteiger partial charge on any atom is -0.497 e. The zero-order chi connectivity index (χ0) is 39.5. The summed E-state index contributed by atoms with van der Waals surface area (Å²) < 4.78 is 68.8. The largest absolute Gasteiger partial charge is 0.497 e. The van der Waals surface area contributed by atoms with E-state index in [1.165, 1.54) is 11.0 Å². The fraction of sp³-hybridized carbons (Fsp3) is 0.487. The van der Waals surface area contributed by atoms with Crippen molar-refractivity contribution in [2.24, 2.45) is 11.3 Å². The van der Waals surface area contributed by atoms with Crippen LogP contribution in [-0.2, 0) is 34.4 Å². The third-order valence-electron chi connectivity index (χ3n) is 10.8. The molecule has 294 valence electrons. The zero-order valence-corrected chi connectivity index (χ0v) is 32.9. The van der Waals surface area contributed by atoms with Crippen molar-refractivity contribution in [3.05, 3.63) is 67.3 Å². The number of fused-ring (bicyclic) bond motifs is 1. The molecule has 5 atom stereocenters. The lowest BCUT2D eigenvalue weighted by Crippen LogP contribution is -2.60. The molecule has 0 radical (unpaired) electrons. The number of methoxy groups -OCH3 is 1. The highest BCUT2D eigenvalue weighted by molar-refractivity contribution is 7.91. The number of aromatic nitrogens is 1. The molecule has 3 saturated carbocycles. The van der Waals surface area contributed by atoms with Gasteiger partial charge in [0.1, 0.15) is 35.2 Å². The van der Waals surface area contributed by atoms with Crippen LogP contribution in [0.4, 0.5) is 0 Å². The predicted octanol–water partition coefficient (Wildman–Crippen LogP) is 3.42. The molecule has 3 N–H and O–H groups in total. The third-order valence-corrected chi connectivity index (χ3v) is 14.5. The fourth-order valence-electron chi connectivity index (χ4n) is 7.13. The monoisotopic (exact) mass is 793 g/mol. The van der Waals surface area contributed by atoms with E-state index >= 15 is 0 Å². The molecular weight excluding hydrogens is 747 g/mol. The second kappa shape index (κ2) is 14.2. The first-order valence-electron chi connectivity index (χ1n) is 18.5. The van der Waals surface area contributed by atoms with E-state index in [0.717, 1.165) is 5.56 Å². The molecule has 7 rings (SSSR count). The smallest absolute Gasteiger partial charge is 0.259 e. The predicted molar refractivity (Wildman–Crippen MR) is 206 cm³/mol. The van der Waals surface area contributed by atoms with E-state index < -0.39 is 83.3 Å². The van der Waals surface area contributed by atoms with Gasteiger partial charge in [-0.25, -0.2) is 26.5 Å². The van der Waals surface area contributed by atoms with E-state index in [0.29, 0.717) is 53.8 Å². The Morgan fingerprint density at radius 2 is 1.65 bits per heavy atom. The SMILES string of the molecule is C=CC1CC1(NC(=O)C1CC(Oc2cc(-c3ccccc3)nc3cc(OC)ccc23)CN1C(=O)C(NS(=O)(=O)C1CC1)C(C)(C)C)C(=O)NS(=O)(=O)C1CC1. The number of hydrogen-bond donors (Lipinski definition) is 3. The molecule has 14 nitrogen and oxygen atoms in total. The topological polar surface area (TPSA) is 190 Å². The normalized spacial score (nSPS) is 24.5. The standard InChI is InChI=1S/C39H47N5O9S2/c1-6-24-21-39(24,37(47)43-55(50,51)28-15-16-28)41-35(45)32-19-26(22-44(32)36(46)34(38(2,3)4)42-54(48,49)27-13-14-27)53-33-20-30(23-10-8-7-9-11-23)40-31-18-25(52-5)12-17-29(31)33/h6-12,17-18,20,24,26-28,32,34,42H,1,13-16,19,21-22H2,2-5H3,(H,41,45)(H,43,47). The molecule has 1 saturated heterocycles. The van der Waals surface area contributed by atoms with Crippen molar-refractivity contribution in [1.29, 1.82) is 0 Å². The van der Waals surface area contributed by atoms with Crippen molar-refractivity contribution in [1.82, 2.24) is 24.6 Å². The highest BCUT2D eigenvalue weighted by atomic mass is 32.2. The maximum absolute atomic E-state index is 14.6. The van der Waals surface area contributed by atoms with Crippen molar-refractivity contribution in [3.63, 3.8) is 0 Å². The number of nitrogens with zero attached hydrogens (tertiary/aromatic N) is 2. The summed E-state index contributed by atoms with van der Waals surface area (Å²) in [5.41, 5.74) is -0.432. The summed E-state index contributed by atoms with van der Waals surface area (Å²) in [7, 11) is -6.20. The number of ether oxygens (including phenoxy) is 2. The molecule has 3 aromatic rings. The van der Waals surface area contributed by atoms with E-state index in [-0.39, 0.29) is 19.4 Å². The number of benzene rings is 2. The molecule has 2 heterocycles. The molecule has 5 unspecified atom stereocenters. The Kier molecular flexibility index (Phi) is 9.99. The van der Waals surface area contributed by atoms with Crippen molar-refractivity contribution in [2.75, 3.05) is 13.7 Å². The van der Waals surface area contributed by atoms with Gasteiger partial charge in [-0.05, 0) is 49.7 Å². The number of pyridine rings is 1. The van der Waals surface area contributed by atoms with E-state index in [1.54, 1.807) is 46.1 Å². The quantitative estimate of drug-likeness (QED) is 0.204. The van der Waals surface area contributed by atoms with Gasteiger partial charge in [0.15, 0.2) is 0 Å². The minimum atomic E-state index is -3.92. The number of carbonyl (C=O) groups is 3. The fourth-order valence-corrected chi connectivity index (χ4v) is 10.2. The highest BCUT2D eigenvalue weighted by Crippen LogP contribution is 2.46. The van der Waals surface area contributed by atoms with Gasteiger partial charge < -0.3 is 19.7 Å². The molecule has 2 aromatic carbocycles. The van der Waals surface area contributed by atoms with Gasteiger partial charge in [-0.3, -0.25) is 19.1 Å². The second-order valence-electron chi connectivity index (χ2n) is 16.1. The summed E-state index contributed by atoms with van der Waals surface area (Å²) in [5, 5.41) is 2.20. The lowest BCUT2D eigenvalue weighted by atomic mass is 9.86. The molecule has 0 bridgehead atoms. The molecular formula is C39H47N5O9S2. The highest BCUT2D eigenvalue weighted by Gasteiger charge is 2.62. The number of amides is 3. The first kappa shape index (κ1) is 38.7. The van der Waals surface area contributed by atoms with Crippen LogP contribution in [0.2, 0.25) is 0 Å². The summed E-state index contributed by atoms with van der Waals surface area (Å²) in [6.07, 6.45) is 2.71. The van der Waals surface area contributed by atoms with Gasteiger partial charge in [0, 0.05) is 35.4 Å². The number of sulfonamides is 2. The number of likely N-dealkylation sites (tertiary alicyclic amines) is 1. The van der Waals surface area contributed by atoms with Gasteiger partial charge in [-0.2, -0.15) is 0 Å². The Balaban J connectivity index is 1.22. The first-order chi connectivity index (χ1) is 26.0. The molecule has 1 aliphatic heterocycles. The lowest BCUT2D eigenvalue weighted by Gasteiger charge is -2.35. The zero-order valence-electron chi connectivity index (χ0n) is 31.3. The molecule has 16 heteroatoms. The van der Waals surface area contributed by atoms with Gasteiger partial charge in [-0.1, -0.05) is 57.2 Å². The van der Waals surface area contributed by atoms with Crippen LogP contribution in [0.25, 0.3) is 22.2 Å². The Bertz CT molecular complexity index is 2250. The number of rotatable bonds is 14. The number of nitrogens with one attached hydrogen (secondary N) is 3. The third kappa shape index (κ3) is 7.94. The van der Waals surface area contributed by atoms with Gasteiger partial charge in [0.05, 0.1) is 35.4 Å². The summed E-state index contributed by atoms with van der Waals surface area (Å²) in [4.78, 5) is 48.7. The van der Waals surface area contributed by atoms with E-state index in [1.807, 2.05) is 36.4 Å². The van der Waals surface area contributed by atoms with Crippen molar-refractivity contribution in [2.45, 2.75) is 93.5 Å². The molecule has 4 fully saturated rings. The van der Waals surface area contributed by atoms with Gasteiger partial charge in [0.2, 0.25) is 31.9 Å². The van der Waals surface area contributed by atoms with Crippen LogP contribution in [0.5, 0.6) is 11.5 Å². The Hall–Kier alpha value is -4.54. The average Bonchev–Trinajstić information content (AvgIpc) is 4.02. The first-order valence-corrected chi connectivity index (χ1v) is 21.6. The van der Waals surface area contributed by atoms with Gasteiger partial charge in [0.25, 0.3) is 5.91 Å². The second-order valence-corrected chi connectivity index (χ2v) is 20.0. The molecule has 1 aromatic heterocycles. The summed E-state index contributed by atoms with van der Waals surface area (Å²) >= 11 is 0. The van der Waals surface area contributed by atoms with E-state index in [9.17, 15) is 31.2 Å². The van der Waals surface area contributed by atoms with Crippen molar-refractivity contribution >= 4 is 48.7 Å². The Morgan fingerprint density at radius 1 is 0.982 bits per heavy atom. The molecule has 3 aliphatic carbocycles. The van der Waals surface area contributed by atoms with Crippen molar-refractivity contribution < 1.29 is 40.7 Å². The van der Waals surface area contributed by atoms with Crippen LogP contribution in [0.1, 0.15) is 59.3 Å². The van der Waals surface area contributed by atoms with Crippen LogP contribution in [-0.4, -0.2) is 92.3 Å². The average molecular weight is 794 g/mol. The molecule has 0 spiro atoms. The minimum absolute atomic E-state index is 0.0126. The van der Waals surface area contributed by atoms with Crippen LogP contribution in [0, 0.1) is 11.3 Å². The van der Waals surface area contributed by atoms with Crippen LogP contribution in [0.15, 0.2) is 67.3 Å². The molecule has 3 amide bonds. The van der Waals surface area contributed by atoms with Crippen LogP contribution < -0.4 is 24.2 Å². The van der Waals surface area contributed by atoms with E-state index in [2.05, 4.69) is 21.3 Å². The van der Waals surface area contributed by atoms with Crippen molar-refractivity contribution in [3.8, 4) is 22.8 Å². The van der Waals surface area contributed by atoms with E-state index in [4.69, 9.17) is 14.5 Å². The van der Waals surface area contributed by atoms with Gasteiger partial charge >= 0.3 is 0 Å². The summed E-state index contributed by atoms with van der Waals surface area (Å²) in [5.74, 6) is -1.70. The summed E-state index contributed by atoms with van der Waals surface area (Å²) in [6, 6.07) is 14.3. The maximum Gasteiger partial charge on any atom is 0.259 e. The number of hydrogen-bond acceptors (Lipinski definition) is 10. The number of carbonyl (C=O) groups excluding carboxylic acids is 3. The Labute approximate surface area is 321 Å². The van der Waals surface area contributed by atoms with Gasteiger partial charge in [-0.15, -0.1) is 6.58 Å².